The van der Waals surface area contributed by atoms with E-state index in [1.54, 1.807) is 32.7 Å². The quantitative estimate of drug-likeness (QED) is 0.148. The number of hydrogen-bond acceptors (Lipinski definition) is 13. The van der Waals surface area contributed by atoms with E-state index in [1.165, 1.54) is 26.6 Å². The molecule has 0 saturated carbocycles. The van der Waals surface area contributed by atoms with Crippen molar-refractivity contribution < 1.29 is 70.4 Å². The third-order valence-corrected chi connectivity index (χ3v) is 13.1. The number of likely N-dealkylation sites (tertiary alicyclic amines) is 4. The van der Waals surface area contributed by atoms with Crippen molar-refractivity contribution in [2.75, 3.05) is 66.5 Å². The molecule has 4 heterocycles. The Morgan fingerprint density at radius 3 is 1.25 bits per heavy atom. The van der Waals surface area contributed by atoms with Crippen LogP contribution < -0.4 is 5.32 Å². The lowest BCUT2D eigenvalue weighted by Crippen LogP contribution is -2.54. The van der Waals surface area contributed by atoms with Crippen LogP contribution in [0.5, 0.6) is 0 Å². The van der Waals surface area contributed by atoms with Gasteiger partial charge in [0, 0.05) is 65.1 Å². The minimum atomic E-state index is -1.58. The molecule has 4 aliphatic heterocycles. The molecule has 4 saturated heterocycles. The molecule has 0 spiro atoms. The highest BCUT2D eigenvalue weighted by molar-refractivity contribution is 5.85. The SMILES string of the molecule is CN(C(=O)OC(C)(C)C)[C@H]1CCN(C(=O)OCc2ccccc2)C[C@H]1F.CNC1CCN(C(=O)OCc2ccccc2)CC1F.O=C1CCN(C(=O)OCc2ccccc2)CC1.O=C1CCN(C(=O)OCc2ccccc2)CC1F. The number of nitrogens with one attached hydrogen (secondary N) is 1. The number of alkyl halides is 3. The number of benzene rings is 4. The molecule has 3 unspecified atom stereocenters. The van der Waals surface area contributed by atoms with Crippen molar-refractivity contribution in [3.63, 3.8) is 0 Å². The van der Waals surface area contributed by atoms with Crippen molar-refractivity contribution >= 4 is 42.0 Å². The van der Waals surface area contributed by atoms with Crippen molar-refractivity contribution in [3.8, 4) is 0 Å². The van der Waals surface area contributed by atoms with Gasteiger partial charge in [-0.3, -0.25) is 9.59 Å². The molecule has 4 fully saturated rings. The Labute approximate surface area is 466 Å². The summed E-state index contributed by atoms with van der Waals surface area (Å²) in [6, 6.07) is 36.8. The van der Waals surface area contributed by atoms with Crippen LogP contribution in [0.2, 0.25) is 0 Å². The maximum atomic E-state index is 14.6. The van der Waals surface area contributed by atoms with Gasteiger partial charge in [0.1, 0.15) is 50.2 Å². The number of carbonyl (C=O) groups is 7. The summed E-state index contributed by atoms with van der Waals surface area (Å²) >= 11 is 0. The number of amides is 5. The smallest absolute Gasteiger partial charge is 0.410 e. The van der Waals surface area contributed by atoms with Crippen LogP contribution in [-0.2, 0) is 59.7 Å². The van der Waals surface area contributed by atoms with Gasteiger partial charge in [-0.2, -0.15) is 0 Å². The van der Waals surface area contributed by atoms with Crippen molar-refractivity contribution in [2.45, 2.75) is 116 Å². The molecule has 18 nitrogen and oxygen atoms in total. The minimum absolute atomic E-state index is 0.0571. The van der Waals surface area contributed by atoms with Crippen LogP contribution in [0, 0.1) is 0 Å². The van der Waals surface area contributed by atoms with Crippen LogP contribution in [0.3, 0.4) is 0 Å². The van der Waals surface area contributed by atoms with Crippen LogP contribution in [0.1, 0.15) is 75.1 Å². The van der Waals surface area contributed by atoms with E-state index in [0.29, 0.717) is 51.9 Å². The van der Waals surface area contributed by atoms with E-state index in [-0.39, 0.29) is 76.9 Å². The molecular formula is C59H75F3N6O12. The number of hydrogen-bond donors (Lipinski definition) is 1. The van der Waals surface area contributed by atoms with Gasteiger partial charge in [-0.05, 0) is 62.9 Å². The number of Topliss-reactive ketones (excluding diaryl/α,β-unsaturated/α-hetero) is 2. The summed E-state index contributed by atoms with van der Waals surface area (Å²) in [4.78, 5) is 88.3. The van der Waals surface area contributed by atoms with Gasteiger partial charge in [-0.1, -0.05) is 121 Å². The largest absolute Gasteiger partial charge is 0.445 e. The van der Waals surface area contributed by atoms with Gasteiger partial charge < -0.3 is 53.5 Å². The first-order chi connectivity index (χ1) is 38.3. The van der Waals surface area contributed by atoms with Crippen molar-refractivity contribution in [1.82, 2.24) is 29.8 Å². The Hall–Kier alpha value is -7.68. The maximum absolute atomic E-state index is 14.6. The first kappa shape index (κ1) is 63.2. The van der Waals surface area contributed by atoms with E-state index in [0.717, 1.165) is 22.3 Å². The molecular weight excluding hydrogens is 1040 g/mol. The Bertz CT molecular complexity index is 2560. The van der Waals surface area contributed by atoms with E-state index in [4.69, 9.17) is 23.7 Å². The van der Waals surface area contributed by atoms with Crippen LogP contribution in [0.4, 0.5) is 37.1 Å². The molecule has 4 aromatic rings. The van der Waals surface area contributed by atoms with Crippen LogP contribution in [-0.4, -0.2) is 169 Å². The fourth-order valence-electron chi connectivity index (χ4n) is 8.49. The second-order valence-electron chi connectivity index (χ2n) is 20.4. The van der Waals surface area contributed by atoms with Gasteiger partial charge >= 0.3 is 30.5 Å². The zero-order chi connectivity index (χ0) is 58.0. The second-order valence-corrected chi connectivity index (χ2v) is 20.4. The molecule has 5 atom stereocenters. The number of ketones is 2. The van der Waals surface area contributed by atoms with Crippen LogP contribution in [0.25, 0.3) is 0 Å². The summed E-state index contributed by atoms with van der Waals surface area (Å²) < 4.78 is 67.4. The predicted octanol–water partition coefficient (Wildman–Crippen LogP) is 9.48. The Morgan fingerprint density at radius 1 is 0.525 bits per heavy atom. The normalized spacial score (nSPS) is 19.9. The second kappa shape index (κ2) is 32.4. The molecule has 0 aromatic heterocycles. The Balaban J connectivity index is 0.000000199. The van der Waals surface area contributed by atoms with E-state index in [2.05, 4.69) is 5.32 Å². The number of ether oxygens (including phenoxy) is 5. The number of nitrogens with zero attached hydrogens (tertiary/aromatic N) is 5. The fraction of sp³-hybridized carbons (Fsp3) is 0.475. The number of rotatable bonds is 10. The Kier molecular flexibility index (Phi) is 25.6. The molecule has 80 heavy (non-hydrogen) atoms. The molecule has 4 aromatic carbocycles. The summed E-state index contributed by atoms with van der Waals surface area (Å²) in [5.74, 6) is -0.223. The molecule has 21 heteroatoms. The monoisotopic (exact) mass is 1120 g/mol. The lowest BCUT2D eigenvalue weighted by atomic mass is 10.0. The summed E-state index contributed by atoms with van der Waals surface area (Å²) in [5, 5.41) is 2.92. The van der Waals surface area contributed by atoms with Gasteiger partial charge in [-0.25, -0.2) is 37.1 Å². The molecule has 0 bridgehead atoms. The molecule has 5 amide bonds. The maximum Gasteiger partial charge on any atom is 0.410 e. The third-order valence-electron chi connectivity index (χ3n) is 13.1. The zero-order valence-electron chi connectivity index (χ0n) is 46.2. The summed E-state index contributed by atoms with van der Waals surface area (Å²) in [5.41, 5.74) is 3.00. The van der Waals surface area contributed by atoms with Crippen molar-refractivity contribution in [3.05, 3.63) is 144 Å². The van der Waals surface area contributed by atoms with Crippen molar-refractivity contribution in [2.24, 2.45) is 0 Å². The third kappa shape index (κ3) is 21.9. The average molecular weight is 1120 g/mol. The van der Waals surface area contributed by atoms with E-state index in [9.17, 15) is 46.7 Å². The molecule has 8 rings (SSSR count). The van der Waals surface area contributed by atoms with Crippen LogP contribution >= 0.6 is 0 Å². The van der Waals surface area contributed by atoms with Gasteiger partial charge in [0.25, 0.3) is 0 Å². The first-order valence-corrected chi connectivity index (χ1v) is 26.7. The van der Waals surface area contributed by atoms with Gasteiger partial charge in [-0.15, -0.1) is 0 Å². The lowest BCUT2D eigenvalue weighted by Gasteiger charge is -2.38. The van der Waals surface area contributed by atoms with Gasteiger partial charge in [0.05, 0.1) is 25.7 Å². The first-order valence-electron chi connectivity index (χ1n) is 26.7. The predicted molar refractivity (Wildman–Crippen MR) is 291 cm³/mol. The molecule has 0 radical (unpaired) electrons. The van der Waals surface area contributed by atoms with Gasteiger partial charge in [0.15, 0.2) is 12.0 Å². The highest BCUT2D eigenvalue weighted by Crippen LogP contribution is 2.23. The highest BCUT2D eigenvalue weighted by atomic mass is 19.1. The van der Waals surface area contributed by atoms with Gasteiger partial charge in [0.2, 0.25) is 0 Å². The molecule has 1 N–H and O–H groups in total. The van der Waals surface area contributed by atoms with E-state index >= 15 is 0 Å². The summed E-state index contributed by atoms with van der Waals surface area (Å²) in [6.45, 7) is 7.92. The minimum Gasteiger partial charge on any atom is -0.445 e. The van der Waals surface area contributed by atoms with Crippen LogP contribution in [0.15, 0.2) is 121 Å². The van der Waals surface area contributed by atoms with Crippen molar-refractivity contribution in [1.29, 1.82) is 0 Å². The Morgan fingerprint density at radius 2 is 0.887 bits per heavy atom. The fourth-order valence-corrected chi connectivity index (χ4v) is 8.49. The van der Waals surface area contributed by atoms with E-state index in [1.807, 2.05) is 121 Å². The number of carbonyl (C=O) groups excluding carboxylic acids is 7. The number of halogens is 3. The average Bonchev–Trinajstić information content (AvgIpc) is 3.47. The van der Waals surface area contributed by atoms with E-state index < -0.39 is 60.3 Å². The zero-order valence-corrected chi connectivity index (χ0v) is 46.2. The highest BCUT2D eigenvalue weighted by Gasteiger charge is 2.38. The molecule has 434 valence electrons. The lowest BCUT2D eigenvalue weighted by molar-refractivity contribution is -0.127. The molecule has 0 aliphatic carbocycles. The summed E-state index contributed by atoms with van der Waals surface area (Å²) in [7, 11) is 3.26. The topological polar surface area (TPSA) is 194 Å². The number of piperidine rings is 4. The summed E-state index contributed by atoms with van der Waals surface area (Å²) in [6.07, 6.45) is -4.55. The standard InChI is InChI=1S/C19H27FN2O4.C14H19FN2O2.C13H14FNO3.C13H15NO3/c1-19(2,3)26-17(23)21(4)16-10-11-22(12-15(16)20)18(24)25-13-14-8-6-5-7-9-14;1-16-13-7-8-17(9-12(13)15)14(18)19-10-11-5-3-2-4-6-11;14-11-8-15(7-6-12(11)16)13(17)18-9-10-4-2-1-3-5-10;15-12-6-8-14(9-7-12)13(16)17-10-11-4-2-1-3-5-11/h5-9,15-16H,10-13H2,1-4H3;2-6,12-13,16H,7-10H2,1H3;1-5,11H,6-9H2;1-5H,6-10H2/t15-,16+;;;/m1.../s1. The molecule has 4 aliphatic rings.